The van der Waals surface area contributed by atoms with E-state index in [-0.39, 0.29) is 11.7 Å². The van der Waals surface area contributed by atoms with Crippen molar-refractivity contribution in [3.8, 4) is 0 Å². The van der Waals surface area contributed by atoms with Gasteiger partial charge in [-0.1, -0.05) is 36.4 Å². The maximum Gasteiger partial charge on any atom is 0.264 e. The van der Waals surface area contributed by atoms with E-state index in [1.165, 1.54) is 23.9 Å². The van der Waals surface area contributed by atoms with Crippen molar-refractivity contribution in [3.63, 3.8) is 0 Å². The van der Waals surface area contributed by atoms with Gasteiger partial charge in [0.1, 0.15) is 5.82 Å². The van der Waals surface area contributed by atoms with Crippen molar-refractivity contribution < 1.29 is 9.18 Å². The van der Waals surface area contributed by atoms with Crippen LogP contribution in [0.1, 0.15) is 12.5 Å². The van der Waals surface area contributed by atoms with Gasteiger partial charge in [-0.2, -0.15) is 0 Å². The Bertz CT molecular complexity index is 839. The van der Waals surface area contributed by atoms with Crippen LogP contribution < -0.4 is 5.32 Å². The summed E-state index contributed by atoms with van der Waals surface area (Å²) in [6.07, 6.45) is 3.84. The third-order valence-corrected chi connectivity index (χ3v) is 4.17. The van der Waals surface area contributed by atoms with Gasteiger partial charge in [0, 0.05) is 0 Å². The lowest BCUT2D eigenvalue weighted by Gasteiger charge is -1.96. The summed E-state index contributed by atoms with van der Waals surface area (Å²) >= 11 is 1.27. The fourth-order valence-corrected chi connectivity index (χ4v) is 3.07. The summed E-state index contributed by atoms with van der Waals surface area (Å²) in [5.41, 5.74) is 2.65. The van der Waals surface area contributed by atoms with Crippen molar-refractivity contribution in [3.05, 3.63) is 82.5 Å². The van der Waals surface area contributed by atoms with Crippen molar-refractivity contribution in [1.82, 2.24) is 5.32 Å². The van der Waals surface area contributed by atoms with Crippen LogP contribution in [0.4, 0.5) is 10.1 Å². The Kier molecular flexibility index (Phi) is 4.91. The second kappa shape index (κ2) is 7.27. The van der Waals surface area contributed by atoms with Crippen molar-refractivity contribution in [2.45, 2.75) is 6.92 Å². The van der Waals surface area contributed by atoms with Crippen LogP contribution in [0.2, 0.25) is 0 Å². The lowest BCUT2D eigenvalue weighted by Crippen LogP contribution is -2.19. The Morgan fingerprint density at radius 3 is 2.54 bits per heavy atom. The average molecular weight is 338 g/mol. The van der Waals surface area contributed by atoms with Gasteiger partial charge in [-0.3, -0.25) is 4.79 Å². The summed E-state index contributed by atoms with van der Waals surface area (Å²) < 4.78 is 12.9. The fourth-order valence-electron chi connectivity index (χ4n) is 2.17. The third-order valence-electron chi connectivity index (χ3n) is 3.26. The molecule has 0 spiro atoms. The maximum atomic E-state index is 12.9. The molecule has 1 saturated heterocycles. The molecular weight excluding hydrogens is 323 g/mol. The molecule has 0 aromatic heterocycles. The van der Waals surface area contributed by atoms with E-state index in [4.69, 9.17) is 0 Å². The van der Waals surface area contributed by atoms with Crippen LogP contribution in [0.15, 0.2) is 76.1 Å². The SMILES string of the molecule is CC(=Cc1ccccc1)C=C1SC(=Nc2ccc(F)cc2)NC1=O. The monoisotopic (exact) mass is 338 g/mol. The largest absolute Gasteiger partial charge is 0.300 e. The number of benzene rings is 2. The molecule has 5 heteroatoms. The van der Waals surface area contributed by atoms with Gasteiger partial charge in [-0.25, -0.2) is 9.38 Å². The summed E-state index contributed by atoms with van der Waals surface area (Å²) in [5, 5.41) is 3.21. The van der Waals surface area contributed by atoms with Gasteiger partial charge in [-0.05, 0) is 60.2 Å². The summed E-state index contributed by atoms with van der Waals surface area (Å²) in [6, 6.07) is 15.7. The number of halogens is 1. The number of aliphatic imine (C=N–C) groups is 1. The summed E-state index contributed by atoms with van der Waals surface area (Å²) in [4.78, 5) is 16.9. The van der Waals surface area contributed by atoms with Crippen LogP contribution in [-0.4, -0.2) is 11.1 Å². The molecule has 0 unspecified atom stereocenters. The van der Waals surface area contributed by atoms with Crippen LogP contribution in [0, 0.1) is 5.82 Å². The number of rotatable bonds is 3. The Morgan fingerprint density at radius 1 is 1.12 bits per heavy atom. The molecule has 0 atom stereocenters. The average Bonchev–Trinajstić information content (AvgIpc) is 2.90. The zero-order valence-corrected chi connectivity index (χ0v) is 13.8. The van der Waals surface area contributed by atoms with Gasteiger partial charge in [0.15, 0.2) is 5.17 Å². The molecule has 1 aliphatic heterocycles. The number of nitrogens with zero attached hydrogens (tertiary/aromatic N) is 1. The number of amides is 1. The highest BCUT2D eigenvalue weighted by molar-refractivity contribution is 8.18. The zero-order chi connectivity index (χ0) is 16.9. The number of allylic oxidation sites excluding steroid dienone is 2. The third kappa shape index (κ3) is 4.20. The van der Waals surface area contributed by atoms with Crippen LogP contribution in [-0.2, 0) is 4.79 Å². The topological polar surface area (TPSA) is 41.5 Å². The molecule has 0 aliphatic carbocycles. The number of carbonyl (C=O) groups excluding carboxylic acids is 1. The standard InChI is InChI=1S/C19H15FN2OS/c1-13(11-14-5-3-2-4-6-14)12-17-18(23)22-19(24-17)21-16-9-7-15(20)8-10-16/h2-12H,1H3,(H,21,22,23). The molecule has 2 aromatic carbocycles. The molecule has 1 fully saturated rings. The van der Waals surface area contributed by atoms with E-state index in [0.29, 0.717) is 15.8 Å². The number of hydrogen-bond acceptors (Lipinski definition) is 3. The minimum absolute atomic E-state index is 0.179. The Balaban J connectivity index is 1.77. The normalized spacial score (nSPS) is 18.2. The molecule has 0 radical (unpaired) electrons. The van der Waals surface area contributed by atoms with E-state index < -0.39 is 0 Å². The molecule has 0 bridgehead atoms. The molecule has 2 aromatic rings. The van der Waals surface area contributed by atoms with E-state index in [2.05, 4.69) is 10.3 Å². The first kappa shape index (κ1) is 16.2. The minimum atomic E-state index is -0.315. The molecule has 1 aliphatic rings. The fraction of sp³-hybridized carbons (Fsp3) is 0.0526. The number of nitrogens with one attached hydrogen (secondary N) is 1. The van der Waals surface area contributed by atoms with Crippen molar-refractivity contribution in [1.29, 1.82) is 0 Å². The predicted molar refractivity (Wildman–Crippen MR) is 97.4 cm³/mol. The highest BCUT2D eigenvalue weighted by Crippen LogP contribution is 2.27. The lowest BCUT2D eigenvalue weighted by atomic mass is 10.1. The van der Waals surface area contributed by atoms with Gasteiger partial charge in [0.2, 0.25) is 0 Å². The Labute approximate surface area is 144 Å². The number of thioether (sulfide) groups is 1. The molecule has 1 amide bonds. The van der Waals surface area contributed by atoms with E-state index in [1.54, 1.807) is 12.1 Å². The van der Waals surface area contributed by atoms with Crippen LogP contribution in [0.25, 0.3) is 6.08 Å². The summed E-state index contributed by atoms with van der Waals surface area (Å²) in [7, 11) is 0. The lowest BCUT2D eigenvalue weighted by molar-refractivity contribution is -0.115. The van der Waals surface area contributed by atoms with Crippen LogP contribution in [0.3, 0.4) is 0 Å². The van der Waals surface area contributed by atoms with Gasteiger partial charge in [0.05, 0.1) is 10.6 Å². The number of carbonyl (C=O) groups is 1. The number of amidine groups is 1. The first-order valence-electron chi connectivity index (χ1n) is 7.39. The van der Waals surface area contributed by atoms with Gasteiger partial charge >= 0.3 is 0 Å². The first-order valence-corrected chi connectivity index (χ1v) is 8.20. The minimum Gasteiger partial charge on any atom is -0.300 e. The molecule has 1 N–H and O–H groups in total. The molecule has 0 saturated carbocycles. The van der Waals surface area contributed by atoms with E-state index in [1.807, 2.05) is 49.4 Å². The molecule has 1 heterocycles. The van der Waals surface area contributed by atoms with Crippen molar-refractivity contribution in [2.24, 2.45) is 4.99 Å². The second-order valence-corrected chi connectivity index (χ2v) is 6.29. The van der Waals surface area contributed by atoms with Crippen LogP contribution >= 0.6 is 11.8 Å². The van der Waals surface area contributed by atoms with Crippen molar-refractivity contribution >= 4 is 34.6 Å². The van der Waals surface area contributed by atoms with Crippen LogP contribution in [0.5, 0.6) is 0 Å². The van der Waals surface area contributed by atoms with Crippen molar-refractivity contribution in [2.75, 3.05) is 0 Å². The van der Waals surface area contributed by atoms with Gasteiger partial charge in [0.25, 0.3) is 5.91 Å². The second-order valence-electron chi connectivity index (χ2n) is 5.26. The van der Waals surface area contributed by atoms with E-state index >= 15 is 0 Å². The number of hydrogen-bond donors (Lipinski definition) is 1. The smallest absolute Gasteiger partial charge is 0.264 e. The Morgan fingerprint density at radius 2 is 1.83 bits per heavy atom. The highest BCUT2D eigenvalue weighted by atomic mass is 32.2. The van der Waals surface area contributed by atoms with E-state index in [0.717, 1.165) is 11.1 Å². The molecule has 24 heavy (non-hydrogen) atoms. The van der Waals surface area contributed by atoms with E-state index in [9.17, 15) is 9.18 Å². The maximum absolute atomic E-state index is 12.9. The first-order chi connectivity index (χ1) is 11.6. The molecule has 3 rings (SSSR count). The highest BCUT2D eigenvalue weighted by Gasteiger charge is 2.23. The van der Waals surface area contributed by atoms with Gasteiger partial charge < -0.3 is 5.32 Å². The Hall–Kier alpha value is -2.66. The zero-order valence-electron chi connectivity index (χ0n) is 13.0. The summed E-state index contributed by atoms with van der Waals surface area (Å²) in [6.45, 7) is 1.95. The molecule has 3 nitrogen and oxygen atoms in total. The molecule has 120 valence electrons. The van der Waals surface area contributed by atoms with Gasteiger partial charge in [-0.15, -0.1) is 0 Å². The quantitative estimate of drug-likeness (QED) is 0.827. The predicted octanol–water partition coefficient (Wildman–Crippen LogP) is 4.66. The molecular formula is C19H15FN2OS. The summed E-state index contributed by atoms with van der Waals surface area (Å²) in [5.74, 6) is -0.494.